The van der Waals surface area contributed by atoms with Crippen LogP contribution in [-0.2, 0) is 6.42 Å². The zero-order chi connectivity index (χ0) is 9.42. The van der Waals surface area contributed by atoms with Crippen molar-refractivity contribution in [3.63, 3.8) is 0 Å². The van der Waals surface area contributed by atoms with Crippen molar-refractivity contribution in [2.75, 3.05) is 0 Å². The highest BCUT2D eigenvalue weighted by Crippen LogP contribution is 2.26. The molecule has 0 saturated heterocycles. The Morgan fingerprint density at radius 1 is 1.38 bits per heavy atom. The second-order valence-corrected chi connectivity index (χ2v) is 3.71. The molecule has 1 aromatic carbocycles. The predicted octanol–water partition coefficient (Wildman–Crippen LogP) is 2.59. The van der Waals surface area contributed by atoms with Crippen LogP contribution < -0.4 is 0 Å². The van der Waals surface area contributed by atoms with Crippen LogP contribution in [-0.4, -0.2) is 5.78 Å². The van der Waals surface area contributed by atoms with Crippen LogP contribution in [0.1, 0.15) is 29.3 Å². The van der Waals surface area contributed by atoms with Crippen LogP contribution in [0.25, 0.3) is 0 Å². The monoisotopic (exact) mass is 178 g/mol. The molecule has 0 amide bonds. The van der Waals surface area contributed by atoms with Crippen molar-refractivity contribution in [1.29, 1.82) is 0 Å². The summed E-state index contributed by atoms with van der Waals surface area (Å²) in [5, 5.41) is 0. The van der Waals surface area contributed by atoms with Gasteiger partial charge in [0.1, 0.15) is 5.82 Å². The van der Waals surface area contributed by atoms with Gasteiger partial charge >= 0.3 is 0 Å². The topological polar surface area (TPSA) is 17.1 Å². The Hall–Kier alpha value is -1.18. The minimum Gasteiger partial charge on any atom is -0.294 e. The summed E-state index contributed by atoms with van der Waals surface area (Å²) in [7, 11) is 0. The van der Waals surface area contributed by atoms with E-state index >= 15 is 0 Å². The van der Waals surface area contributed by atoms with Gasteiger partial charge in [0.2, 0.25) is 0 Å². The van der Waals surface area contributed by atoms with Gasteiger partial charge in [-0.2, -0.15) is 0 Å². The van der Waals surface area contributed by atoms with Crippen LogP contribution in [0.3, 0.4) is 0 Å². The largest absolute Gasteiger partial charge is 0.294 e. The molecule has 1 unspecified atom stereocenters. The minimum absolute atomic E-state index is 0.0492. The third-order valence-corrected chi connectivity index (χ3v) is 2.48. The Bertz CT molecular complexity index is 357. The van der Waals surface area contributed by atoms with Gasteiger partial charge in [0.05, 0.1) is 5.56 Å². The van der Waals surface area contributed by atoms with E-state index in [1.165, 1.54) is 6.07 Å². The number of carbonyl (C=O) groups is 1. The standard InChI is InChI=1S/C11H11FO/c1-7-5-8-3-2-4-9(12)11(8)10(13)6-7/h2-4,7H,5-6H2,1H3. The number of ketones is 1. The molecule has 1 aliphatic rings. The van der Waals surface area contributed by atoms with Crippen molar-refractivity contribution in [1.82, 2.24) is 0 Å². The molecule has 0 N–H and O–H groups in total. The van der Waals surface area contributed by atoms with E-state index in [4.69, 9.17) is 0 Å². The van der Waals surface area contributed by atoms with E-state index in [9.17, 15) is 9.18 Å². The SMILES string of the molecule is CC1CC(=O)c2c(F)cccc2C1. The van der Waals surface area contributed by atoms with E-state index in [0.717, 1.165) is 12.0 Å². The molecule has 0 fully saturated rings. The summed E-state index contributed by atoms with van der Waals surface area (Å²) >= 11 is 0. The number of rotatable bonds is 0. The molecule has 0 aromatic heterocycles. The molecule has 0 aliphatic heterocycles. The zero-order valence-corrected chi connectivity index (χ0v) is 7.51. The number of Topliss-reactive ketones (excluding diaryl/α,β-unsaturated/α-hetero) is 1. The van der Waals surface area contributed by atoms with Gasteiger partial charge in [-0.05, 0) is 24.0 Å². The van der Waals surface area contributed by atoms with E-state index in [2.05, 4.69) is 0 Å². The summed E-state index contributed by atoms with van der Waals surface area (Å²) in [5.41, 5.74) is 1.18. The fraction of sp³-hybridized carbons (Fsp3) is 0.364. The summed E-state index contributed by atoms with van der Waals surface area (Å²) in [4.78, 5) is 11.5. The molecular formula is C11H11FO. The van der Waals surface area contributed by atoms with Crippen LogP contribution in [0.5, 0.6) is 0 Å². The molecule has 0 spiro atoms. The van der Waals surface area contributed by atoms with E-state index in [-0.39, 0.29) is 11.6 Å². The van der Waals surface area contributed by atoms with Gasteiger partial charge in [-0.3, -0.25) is 4.79 Å². The van der Waals surface area contributed by atoms with Gasteiger partial charge in [0, 0.05) is 6.42 Å². The minimum atomic E-state index is -0.366. The number of carbonyl (C=O) groups excluding carboxylic acids is 1. The quantitative estimate of drug-likeness (QED) is 0.596. The number of benzene rings is 1. The molecule has 0 radical (unpaired) electrons. The fourth-order valence-electron chi connectivity index (χ4n) is 1.92. The average Bonchev–Trinajstić information content (AvgIpc) is 2.02. The maximum Gasteiger partial charge on any atom is 0.166 e. The molecule has 1 atom stereocenters. The number of fused-ring (bicyclic) bond motifs is 1. The Morgan fingerprint density at radius 3 is 2.92 bits per heavy atom. The van der Waals surface area contributed by atoms with Gasteiger partial charge in [0.25, 0.3) is 0 Å². The second kappa shape index (κ2) is 2.95. The summed E-state index contributed by atoms with van der Waals surface area (Å²) in [6.45, 7) is 2.02. The lowest BCUT2D eigenvalue weighted by atomic mass is 9.84. The van der Waals surface area contributed by atoms with Crippen molar-refractivity contribution in [2.45, 2.75) is 19.8 Å². The highest BCUT2D eigenvalue weighted by Gasteiger charge is 2.24. The lowest BCUT2D eigenvalue weighted by molar-refractivity contribution is 0.0949. The lowest BCUT2D eigenvalue weighted by Gasteiger charge is -2.20. The summed E-state index contributed by atoms with van der Waals surface area (Å²) in [6.07, 6.45) is 1.30. The maximum absolute atomic E-state index is 13.2. The van der Waals surface area contributed by atoms with E-state index in [1.807, 2.05) is 13.0 Å². The van der Waals surface area contributed by atoms with Crippen molar-refractivity contribution in [3.8, 4) is 0 Å². The Labute approximate surface area is 76.6 Å². The van der Waals surface area contributed by atoms with Crippen molar-refractivity contribution in [2.24, 2.45) is 5.92 Å². The van der Waals surface area contributed by atoms with Crippen LogP contribution in [0.2, 0.25) is 0 Å². The summed E-state index contributed by atoms with van der Waals surface area (Å²) in [5.74, 6) is -0.0666. The fourth-order valence-corrected chi connectivity index (χ4v) is 1.92. The van der Waals surface area contributed by atoms with E-state index in [1.54, 1.807) is 6.07 Å². The van der Waals surface area contributed by atoms with Crippen LogP contribution in [0.4, 0.5) is 4.39 Å². The first-order valence-electron chi connectivity index (χ1n) is 4.49. The smallest absolute Gasteiger partial charge is 0.166 e. The van der Waals surface area contributed by atoms with Crippen molar-refractivity contribution < 1.29 is 9.18 Å². The molecule has 1 nitrogen and oxygen atoms in total. The normalized spacial score (nSPS) is 21.4. The first-order valence-corrected chi connectivity index (χ1v) is 4.49. The Morgan fingerprint density at radius 2 is 2.15 bits per heavy atom. The molecule has 0 bridgehead atoms. The highest BCUT2D eigenvalue weighted by atomic mass is 19.1. The van der Waals surface area contributed by atoms with Crippen LogP contribution in [0, 0.1) is 11.7 Å². The Balaban J connectivity index is 2.55. The van der Waals surface area contributed by atoms with Gasteiger partial charge in [-0.1, -0.05) is 19.1 Å². The van der Waals surface area contributed by atoms with E-state index < -0.39 is 0 Å². The molecular weight excluding hydrogens is 167 g/mol. The average molecular weight is 178 g/mol. The third kappa shape index (κ3) is 1.37. The van der Waals surface area contributed by atoms with Gasteiger partial charge in [-0.15, -0.1) is 0 Å². The second-order valence-electron chi connectivity index (χ2n) is 3.71. The lowest BCUT2D eigenvalue weighted by Crippen LogP contribution is -2.19. The maximum atomic E-state index is 13.2. The molecule has 0 heterocycles. The van der Waals surface area contributed by atoms with Gasteiger partial charge in [0.15, 0.2) is 5.78 Å². The molecule has 2 heteroatoms. The molecule has 68 valence electrons. The van der Waals surface area contributed by atoms with Crippen molar-refractivity contribution >= 4 is 5.78 Å². The number of halogens is 1. The summed E-state index contributed by atoms with van der Waals surface area (Å²) in [6, 6.07) is 4.86. The summed E-state index contributed by atoms with van der Waals surface area (Å²) < 4.78 is 13.2. The molecule has 1 aliphatic carbocycles. The molecule has 2 rings (SSSR count). The molecule has 13 heavy (non-hydrogen) atoms. The van der Waals surface area contributed by atoms with Gasteiger partial charge in [-0.25, -0.2) is 4.39 Å². The Kier molecular flexibility index (Phi) is 1.91. The molecule has 1 aromatic rings. The highest BCUT2D eigenvalue weighted by molar-refractivity contribution is 5.98. The number of hydrogen-bond acceptors (Lipinski definition) is 1. The van der Waals surface area contributed by atoms with Crippen LogP contribution >= 0.6 is 0 Å². The van der Waals surface area contributed by atoms with Crippen molar-refractivity contribution in [3.05, 3.63) is 35.1 Å². The zero-order valence-electron chi connectivity index (χ0n) is 7.51. The molecule has 0 saturated carbocycles. The first kappa shape index (κ1) is 8.42. The number of hydrogen-bond donors (Lipinski definition) is 0. The predicted molar refractivity (Wildman–Crippen MR) is 48.2 cm³/mol. The van der Waals surface area contributed by atoms with E-state index in [0.29, 0.717) is 17.9 Å². The van der Waals surface area contributed by atoms with Gasteiger partial charge < -0.3 is 0 Å². The van der Waals surface area contributed by atoms with Crippen LogP contribution in [0.15, 0.2) is 18.2 Å². The first-order chi connectivity index (χ1) is 6.18. The third-order valence-electron chi connectivity index (χ3n) is 2.48.